The van der Waals surface area contributed by atoms with E-state index in [0.29, 0.717) is 18.5 Å². The van der Waals surface area contributed by atoms with Crippen molar-refractivity contribution in [3.05, 3.63) is 35.5 Å². The molecule has 1 aromatic carbocycles. The van der Waals surface area contributed by atoms with Crippen LogP contribution in [-0.4, -0.2) is 43.3 Å². The number of methoxy groups -OCH3 is 1. The molecular formula is C20H31N5O2. The van der Waals surface area contributed by atoms with Crippen molar-refractivity contribution >= 4 is 5.96 Å². The highest BCUT2D eigenvalue weighted by Crippen LogP contribution is 2.32. The first kappa shape index (κ1) is 19.5. The molecule has 27 heavy (non-hydrogen) atoms. The van der Waals surface area contributed by atoms with E-state index in [4.69, 9.17) is 20.9 Å². The summed E-state index contributed by atoms with van der Waals surface area (Å²) in [6, 6.07) is 6.15. The fraction of sp³-hybridized carbons (Fsp3) is 0.550. The van der Waals surface area contributed by atoms with E-state index in [2.05, 4.69) is 27.3 Å². The van der Waals surface area contributed by atoms with Crippen LogP contribution in [0.1, 0.15) is 32.3 Å². The Balaban J connectivity index is 1.62. The number of nitrogens with two attached hydrogens (primary N) is 2. The molecule has 2 aliphatic heterocycles. The van der Waals surface area contributed by atoms with E-state index in [1.54, 1.807) is 7.11 Å². The Kier molecular flexibility index (Phi) is 5.92. The second-order valence-electron chi connectivity index (χ2n) is 7.31. The molecule has 0 spiro atoms. The number of ether oxygens (including phenoxy) is 2. The molecule has 3 rings (SSSR count). The van der Waals surface area contributed by atoms with Gasteiger partial charge in [0.2, 0.25) is 0 Å². The second-order valence-corrected chi connectivity index (χ2v) is 7.31. The molecular weight excluding hydrogens is 342 g/mol. The van der Waals surface area contributed by atoms with Gasteiger partial charge in [-0.05, 0) is 63.6 Å². The summed E-state index contributed by atoms with van der Waals surface area (Å²) in [4.78, 5) is 6.93. The van der Waals surface area contributed by atoms with Gasteiger partial charge in [-0.2, -0.15) is 0 Å². The Bertz CT molecular complexity index is 705. The molecule has 0 amide bonds. The molecule has 1 fully saturated rings. The van der Waals surface area contributed by atoms with E-state index in [1.165, 1.54) is 5.56 Å². The lowest BCUT2D eigenvalue weighted by molar-refractivity contribution is 0.143. The summed E-state index contributed by atoms with van der Waals surface area (Å²) < 4.78 is 11.1. The van der Waals surface area contributed by atoms with Gasteiger partial charge in [-0.25, -0.2) is 4.99 Å². The molecule has 2 heterocycles. The van der Waals surface area contributed by atoms with Crippen molar-refractivity contribution in [1.82, 2.24) is 10.2 Å². The van der Waals surface area contributed by atoms with E-state index >= 15 is 0 Å². The summed E-state index contributed by atoms with van der Waals surface area (Å²) in [6.45, 7) is 7.42. The van der Waals surface area contributed by atoms with Gasteiger partial charge < -0.3 is 26.3 Å². The average Bonchev–Trinajstić information content (AvgIpc) is 2.62. The molecule has 7 heteroatoms. The summed E-state index contributed by atoms with van der Waals surface area (Å²) >= 11 is 0. The van der Waals surface area contributed by atoms with Gasteiger partial charge in [0.05, 0.1) is 13.7 Å². The van der Waals surface area contributed by atoms with E-state index < -0.39 is 5.66 Å². The SMILES string of the molecule is CCOc1cc(CN2CCC(C3(N)C=C(C)NC(N)=N3)CC2)ccc1OC. The van der Waals surface area contributed by atoms with Crippen molar-refractivity contribution < 1.29 is 9.47 Å². The van der Waals surface area contributed by atoms with E-state index in [1.807, 2.05) is 26.0 Å². The van der Waals surface area contributed by atoms with Gasteiger partial charge in [-0.3, -0.25) is 4.90 Å². The number of likely N-dealkylation sites (tertiary alicyclic amines) is 1. The first-order chi connectivity index (χ1) is 12.9. The summed E-state index contributed by atoms with van der Waals surface area (Å²) in [5.74, 6) is 2.27. The maximum Gasteiger partial charge on any atom is 0.195 e. The number of aliphatic imine (C=N–C) groups is 1. The van der Waals surface area contributed by atoms with Gasteiger partial charge in [0.15, 0.2) is 17.5 Å². The standard InChI is InChI=1S/C20H31N5O2/c1-4-27-18-11-15(5-6-17(18)26-3)13-25-9-7-16(8-10-25)20(22)12-14(2)23-19(21)24-20/h5-6,11-12,16H,4,7-10,13,22H2,1-3H3,(H3,21,23,24). The number of benzene rings is 1. The number of nitrogens with zero attached hydrogens (tertiary/aromatic N) is 2. The minimum Gasteiger partial charge on any atom is -0.493 e. The molecule has 1 atom stereocenters. The Morgan fingerprint density at radius 2 is 2.04 bits per heavy atom. The summed E-state index contributed by atoms with van der Waals surface area (Å²) in [5, 5.41) is 3.02. The fourth-order valence-corrected chi connectivity index (χ4v) is 3.96. The van der Waals surface area contributed by atoms with Crippen LogP contribution in [0.25, 0.3) is 0 Å². The van der Waals surface area contributed by atoms with Crippen LogP contribution in [0.2, 0.25) is 0 Å². The van der Waals surface area contributed by atoms with Crippen molar-refractivity contribution in [2.75, 3.05) is 26.8 Å². The van der Waals surface area contributed by atoms with E-state index in [0.717, 1.165) is 49.7 Å². The first-order valence-corrected chi connectivity index (χ1v) is 9.56. The number of rotatable bonds is 6. The quantitative estimate of drug-likeness (QED) is 0.703. The Morgan fingerprint density at radius 1 is 1.30 bits per heavy atom. The fourth-order valence-electron chi connectivity index (χ4n) is 3.96. The van der Waals surface area contributed by atoms with Crippen molar-refractivity contribution in [2.24, 2.45) is 22.4 Å². The number of hydrogen-bond donors (Lipinski definition) is 3. The molecule has 2 aliphatic rings. The third-order valence-corrected chi connectivity index (χ3v) is 5.26. The van der Waals surface area contributed by atoms with Crippen LogP contribution in [0, 0.1) is 5.92 Å². The third kappa shape index (κ3) is 4.54. The van der Waals surface area contributed by atoms with Crippen LogP contribution < -0.4 is 26.3 Å². The van der Waals surface area contributed by atoms with Crippen molar-refractivity contribution in [3.8, 4) is 11.5 Å². The zero-order valence-corrected chi connectivity index (χ0v) is 16.5. The lowest BCUT2D eigenvalue weighted by atomic mass is 9.83. The molecule has 1 saturated heterocycles. The molecule has 1 unspecified atom stereocenters. The predicted molar refractivity (Wildman–Crippen MR) is 108 cm³/mol. The third-order valence-electron chi connectivity index (χ3n) is 5.26. The van der Waals surface area contributed by atoms with Crippen LogP contribution >= 0.6 is 0 Å². The van der Waals surface area contributed by atoms with Gasteiger partial charge in [-0.15, -0.1) is 0 Å². The number of guanidine groups is 1. The van der Waals surface area contributed by atoms with Crippen LogP contribution in [0.5, 0.6) is 11.5 Å². The molecule has 7 nitrogen and oxygen atoms in total. The Hall–Kier alpha value is -2.25. The minimum absolute atomic E-state index is 0.291. The zero-order chi connectivity index (χ0) is 19.4. The second kappa shape index (κ2) is 8.19. The summed E-state index contributed by atoms with van der Waals surface area (Å²) in [7, 11) is 1.66. The highest BCUT2D eigenvalue weighted by Gasteiger charge is 2.37. The van der Waals surface area contributed by atoms with Crippen LogP contribution in [-0.2, 0) is 6.54 Å². The lowest BCUT2D eigenvalue weighted by Crippen LogP contribution is -2.53. The molecule has 0 radical (unpaired) electrons. The van der Waals surface area contributed by atoms with Crippen LogP contribution in [0.3, 0.4) is 0 Å². The molecule has 0 aromatic heterocycles. The maximum absolute atomic E-state index is 6.56. The van der Waals surface area contributed by atoms with E-state index in [-0.39, 0.29) is 0 Å². The molecule has 0 bridgehead atoms. The average molecular weight is 374 g/mol. The number of nitrogens with one attached hydrogen (secondary N) is 1. The Labute approximate surface area is 161 Å². The van der Waals surface area contributed by atoms with Gasteiger partial charge in [0.1, 0.15) is 5.66 Å². The highest BCUT2D eigenvalue weighted by atomic mass is 16.5. The highest BCUT2D eigenvalue weighted by molar-refractivity contribution is 5.81. The normalized spacial score (nSPS) is 24.0. The van der Waals surface area contributed by atoms with Crippen molar-refractivity contribution in [1.29, 1.82) is 0 Å². The first-order valence-electron chi connectivity index (χ1n) is 9.56. The van der Waals surface area contributed by atoms with Crippen molar-refractivity contribution in [2.45, 2.75) is 38.9 Å². The van der Waals surface area contributed by atoms with E-state index in [9.17, 15) is 0 Å². The van der Waals surface area contributed by atoms with Gasteiger partial charge in [-0.1, -0.05) is 6.07 Å². The molecule has 148 valence electrons. The van der Waals surface area contributed by atoms with Crippen LogP contribution in [0.15, 0.2) is 35.0 Å². The minimum atomic E-state index is -0.701. The zero-order valence-electron chi connectivity index (χ0n) is 16.5. The monoisotopic (exact) mass is 373 g/mol. The Morgan fingerprint density at radius 3 is 2.67 bits per heavy atom. The number of hydrogen-bond acceptors (Lipinski definition) is 7. The summed E-state index contributed by atoms with van der Waals surface area (Å²) in [6.07, 6.45) is 3.98. The van der Waals surface area contributed by atoms with Gasteiger partial charge >= 0.3 is 0 Å². The predicted octanol–water partition coefficient (Wildman–Crippen LogP) is 1.78. The largest absolute Gasteiger partial charge is 0.493 e. The smallest absolute Gasteiger partial charge is 0.195 e. The van der Waals surface area contributed by atoms with Crippen LogP contribution in [0.4, 0.5) is 0 Å². The number of piperidine rings is 1. The maximum atomic E-state index is 6.56. The number of allylic oxidation sites excluding steroid dienone is 1. The van der Waals surface area contributed by atoms with Gasteiger partial charge in [0, 0.05) is 18.2 Å². The topological polar surface area (TPSA) is 98.1 Å². The van der Waals surface area contributed by atoms with Gasteiger partial charge in [0.25, 0.3) is 0 Å². The van der Waals surface area contributed by atoms with Crippen molar-refractivity contribution in [3.63, 3.8) is 0 Å². The molecule has 1 aromatic rings. The lowest BCUT2D eigenvalue weighted by Gasteiger charge is -2.40. The molecule has 0 saturated carbocycles. The molecule has 0 aliphatic carbocycles. The molecule has 5 N–H and O–H groups in total. The summed E-state index contributed by atoms with van der Waals surface area (Å²) in [5.41, 5.74) is 13.9.